The van der Waals surface area contributed by atoms with E-state index in [1.165, 1.54) is 0 Å². The molecule has 0 unspecified atom stereocenters. The molecule has 0 spiro atoms. The van der Waals surface area contributed by atoms with E-state index in [0.29, 0.717) is 6.61 Å². The largest absolute Gasteiger partial charge is 1.00 e. The Kier molecular flexibility index (Phi) is 13.4. The van der Waals surface area contributed by atoms with Gasteiger partial charge in [-0.05, 0) is 13.0 Å². The molecule has 0 aromatic rings. The van der Waals surface area contributed by atoms with Crippen LogP contribution in [0.1, 0.15) is 19.8 Å². The van der Waals surface area contributed by atoms with E-state index in [1.54, 1.807) is 0 Å². The fourth-order valence-corrected chi connectivity index (χ4v) is 0.383. The van der Waals surface area contributed by atoms with Crippen LogP contribution in [0.5, 0.6) is 0 Å². The van der Waals surface area contributed by atoms with Crippen molar-refractivity contribution in [2.75, 3.05) is 6.61 Å². The van der Waals surface area contributed by atoms with E-state index in [2.05, 4.69) is 17.0 Å². The molecule has 0 saturated heterocycles. The molecule has 0 aliphatic rings. The van der Waals surface area contributed by atoms with Crippen molar-refractivity contribution in [3.8, 4) is 0 Å². The van der Waals surface area contributed by atoms with Gasteiger partial charge in [-0.2, -0.15) is 0 Å². The molecule has 0 saturated carbocycles. The molecule has 0 aliphatic heterocycles. The predicted octanol–water partition coefficient (Wildman–Crippen LogP) is -2.55. The van der Waals surface area contributed by atoms with Gasteiger partial charge in [0.15, 0.2) is 0 Å². The minimum atomic E-state index is -0.599. The van der Waals surface area contributed by atoms with Gasteiger partial charge in [0.25, 0.3) is 0 Å². The molecule has 0 fully saturated rings. The first-order chi connectivity index (χ1) is 3.77. The van der Waals surface area contributed by atoms with Crippen molar-refractivity contribution < 1.29 is 61.2 Å². The van der Waals surface area contributed by atoms with Gasteiger partial charge >= 0.3 is 51.4 Å². The Balaban J connectivity index is 0. The van der Waals surface area contributed by atoms with Crippen LogP contribution < -0.4 is 56.5 Å². The Bertz CT molecular complexity index is 77.4. The van der Waals surface area contributed by atoms with Crippen LogP contribution in [0, 0.1) is 0 Å². The zero-order chi connectivity index (χ0) is 6.41. The molecule has 4 heteroatoms. The molecule has 9 heavy (non-hydrogen) atoms. The molecule has 0 rings (SSSR count). The zero-order valence-corrected chi connectivity index (χ0v) is 9.79. The van der Waals surface area contributed by atoms with Crippen LogP contribution in [0.15, 0.2) is 0 Å². The maximum Gasteiger partial charge on any atom is 1.00 e. The van der Waals surface area contributed by atoms with E-state index in [9.17, 15) is 5.11 Å². The molecule has 0 N–H and O–H groups in total. The number of thiocarbonyl (C=S) groups is 1. The summed E-state index contributed by atoms with van der Waals surface area (Å²) >= 11 is 4.13. The summed E-state index contributed by atoms with van der Waals surface area (Å²) in [7, 11) is 0. The normalized spacial score (nSPS) is 7.67. The number of ether oxygens (including phenoxy) is 1. The average molecular weight is 172 g/mol. The summed E-state index contributed by atoms with van der Waals surface area (Å²) < 4.78 is 4.46. The third-order valence-electron chi connectivity index (χ3n) is 0.718. The minimum Gasteiger partial charge on any atom is -0.606 e. The molecule has 0 amide bonds. The Morgan fingerprint density at radius 3 is 2.56 bits per heavy atom. The Labute approximate surface area is 103 Å². The topological polar surface area (TPSA) is 32.3 Å². The number of hydrogen-bond donors (Lipinski definition) is 0. The van der Waals surface area contributed by atoms with Gasteiger partial charge in [0.05, 0.1) is 0 Å². The third kappa shape index (κ3) is 12.5. The molecular formula is C5H9KO2S. The van der Waals surface area contributed by atoms with Gasteiger partial charge < -0.3 is 9.84 Å². The summed E-state index contributed by atoms with van der Waals surface area (Å²) in [5, 5.41) is 9.31. The fraction of sp³-hybridized carbons (Fsp3) is 0.800. The van der Waals surface area contributed by atoms with Crippen LogP contribution in [0.25, 0.3) is 0 Å². The molecule has 0 aliphatic carbocycles. The zero-order valence-electron chi connectivity index (χ0n) is 5.85. The van der Waals surface area contributed by atoms with E-state index in [4.69, 9.17) is 0 Å². The first-order valence-corrected chi connectivity index (χ1v) is 3.02. The molecule has 0 radical (unpaired) electrons. The van der Waals surface area contributed by atoms with Crippen molar-refractivity contribution in [1.29, 1.82) is 0 Å². The standard InChI is InChI=1S/C5H10O2S.K/c1-2-3-4-7-5(6)8;/h2-4H2,1H3,(H,6,8);/q;+1/p-1. The molecule has 0 bridgehead atoms. The second-order valence-electron chi connectivity index (χ2n) is 1.45. The summed E-state index contributed by atoms with van der Waals surface area (Å²) in [6.45, 7) is 2.50. The quantitative estimate of drug-likeness (QED) is 0.267. The van der Waals surface area contributed by atoms with Crippen molar-refractivity contribution in [3.63, 3.8) is 0 Å². The minimum absolute atomic E-state index is 0. The van der Waals surface area contributed by atoms with E-state index in [-0.39, 0.29) is 51.4 Å². The molecule has 0 aromatic carbocycles. The van der Waals surface area contributed by atoms with Crippen LogP contribution in [-0.2, 0) is 4.74 Å². The number of unbranched alkanes of at least 4 members (excludes halogenated alkanes) is 1. The fourth-order valence-electron chi connectivity index (χ4n) is 0.300. The molecule has 0 atom stereocenters. The SMILES string of the molecule is CCCCOC([O-])=S.[K+]. The Morgan fingerprint density at radius 1 is 1.67 bits per heavy atom. The summed E-state index contributed by atoms with van der Waals surface area (Å²) in [4.78, 5) is 0. The van der Waals surface area contributed by atoms with Crippen molar-refractivity contribution in [3.05, 3.63) is 0 Å². The van der Waals surface area contributed by atoms with E-state index in [0.717, 1.165) is 12.8 Å². The van der Waals surface area contributed by atoms with Crippen molar-refractivity contribution in [2.45, 2.75) is 19.8 Å². The number of rotatable bonds is 3. The van der Waals surface area contributed by atoms with E-state index >= 15 is 0 Å². The second kappa shape index (κ2) is 9.33. The van der Waals surface area contributed by atoms with Crippen molar-refractivity contribution in [2.24, 2.45) is 0 Å². The number of hydrogen-bond acceptors (Lipinski definition) is 3. The second-order valence-corrected chi connectivity index (χ2v) is 1.79. The predicted molar refractivity (Wildman–Crippen MR) is 33.5 cm³/mol. The summed E-state index contributed by atoms with van der Waals surface area (Å²) in [5.41, 5.74) is 0. The van der Waals surface area contributed by atoms with Crippen LogP contribution in [-0.4, -0.2) is 11.8 Å². The van der Waals surface area contributed by atoms with Crippen LogP contribution >= 0.6 is 12.2 Å². The average Bonchev–Trinajstić information content (AvgIpc) is 1.66. The molecule has 0 heterocycles. The first kappa shape index (κ1) is 13.0. The smallest absolute Gasteiger partial charge is 0.606 e. The third-order valence-corrected chi connectivity index (χ3v) is 0.836. The molecule has 2 nitrogen and oxygen atoms in total. The maximum atomic E-state index is 9.91. The van der Waals surface area contributed by atoms with Crippen molar-refractivity contribution in [1.82, 2.24) is 0 Å². The van der Waals surface area contributed by atoms with Gasteiger partial charge in [-0.3, -0.25) is 0 Å². The van der Waals surface area contributed by atoms with Crippen LogP contribution in [0.4, 0.5) is 0 Å². The summed E-state index contributed by atoms with van der Waals surface area (Å²) in [5.74, 6) is 0. The van der Waals surface area contributed by atoms with Gasteiger partial charge in [0.2, 0.25) is 0 Å². The maximum absolute atomic E-state index is 9.91. The monoisotopic (exact) mass is 172 g/mol. The van der Waals surface area contributed by atoms with Crippen LogP contribution in [0.2, 0.25) is 0 Å². The van der Waals surface area contributed by atoms with Crippen LogP contribution in [0.3, 0.4) is 0 Å². The molecular weight excluding hydrogens is 163 g/mol. The van der Waals surface area contributed by atoms with Gasteiger partial charge in [-0.1, -0.05) is 25.6 Å². The van der Waals surface area contributed by atoms with E-state index < -0.39 is 5.24 Å². The Hall–Kier alpha value is 1.33. The van der Waals surface area contributed by atoms with Crippen molar-refractivity contribution >= 4 is 17.5 Å². The van der Waals surface area contributed by atoms with Gasteiger partial charge in [0.1, 0.15) is 5.24 Å². The summed E-state index contributed by atoms with van der Waals surface area (Å²) in [6.07, 6.45) is 1.94. The first-order valence-electron chi connectivity index (χ1n) is 2.61. The van der Waals surface area contributed by atoms with Gasteiger partial charge in [-0.25, -0.2) is 0 Å². The van der Waals surface area contributed by atoms with Gasteiger partial charge in [-0.15, -0.1) is 0 Å². The van der Waals surface area contributed by atoms with E-state index in [1.807, 2.05) is 6.92 Å². The summed E-state index contributed by atoms with van der Waals surface area (Å²) in [6, 6.07) is 0. The molecule has 0 aromatic heterocycles. The molecule has 48 valence electrons. The van der Waals surface area contributed by atoms with Gasteiger partial charge in [0, 0.05) is 0 Å². The Morgan fingerprint density at radius 2 is 2.22 bits per heavy atom.